The minimum Gasteiger partial charge on any atom is -0.483 e. The van der Waals surface area contributed by atoms with E-state index in [0.29, 0.717) is 21.3 Å². The number of halogens is 3. The monoisotopic (exact) mass is 712 g/mol. The van der Waals surface area contributed by atoms with E-state index in [4.69, 9.17) is 9.47 Å². The van der Waals surface area contributed by atoms with Crippen LogP contribution in [0.1, 0.15) is 46.8 Å². The number of esters is 1. The number of amides is 1. The van der Waals surface area contributed by atoms with Crippen molar-refractivity contribution in [1.29, 1.82) is 0 Å². The Morgan fingerprint density at radius 3 is 2.57 bits per heavy atom. The Balaban J connectivity index is 1.70. The van der Waals surface area contributed by atoms with Crippen molar-refractivity contribution in [3.05, 3.63) is 89.4 Å². The molecule has 6 nitrogen and oxygen atoms in total. The Kier molecular flexibility index (Phi) is 9.88. The minimum absolute atomic E-state index is 0.184. The van der Waals surface area contributed by atoms with Crippen molar-refractivity contribution in [2.75, 3.05) is 6.61 Å². The maximum atomic E-state index is 12.7. The maximum Gasteiger partial charge on any atom is 0.344 e. The van der Waals surface area contributed by atoms with Crippen LogP contribution in [0.25, 0.3) is 0 Å². The van der Waals surface area contributed by atoms with Gasteiger partial charge >= 0.3 is 5.97 Å². The maximum absolute atomic E-state index is 12.7. The van der Waals surface area contributed by atoms with E-state index in [1.54, 1.807) is 24.3 Å². The average Bonchev–Trinajstić information content (AvgIpc) is 2.79. The van der Waals surface area contributed by atoms with Crippen LogP contribution in [0.4, 0.5) is 0 Å². The van der Waals surface area contributed by atoms with E-state index in [-0.39, 0.29) is 18.3 Å². The molecule has 0 aromatic heterocycles. The van der Waals surface area contributed by atoms with E-state index >= 15 is 0 Å². The van der Waals surface area contributed by atoms with Crippen LogP contribution >= 0.6 is 54.5 Å². The van der Waals surface area contributed by atoms with Crippen LogP contribution in [-0.4, -0.2) is 24.7 Å². The molecule has 0 atom stereocenters. The summed E-state index contributed by atoms with van der Waals surface area (Å²) in [6, 6.07) is 16.6. The summed E-state index contributed by atoms with van der Waals surface area (Å²) in [6.45, 7) is 5.93. The van der Waals surface area contributed by atoms with Crippen molar-refractivity contribution >= 4 is 72.5 Å². The lowest BCUT2D eigenvalue weighted by Crippen LogP contribution is -2.25. The Morgan fingerprint density at radius 2 is 1.86 bits per heavy atom. The highest BCUT2D eigenvalue weighted by molar-refractivity contribution is 14.1. The Bertz CT molecular complexity index is 1280. The predicted octanol–water partition coefficient (Wildman–Crippen LogP) is 7.00. The van der Waals surface area contributed by atoms with Crippen molar-refractivity contribution in [3.63, 3.8) is 0 Å². The first-order valence-corrected chi connectivity index (χ1v) is 13.3. The molecule has 35 heavy (non-hydrogen) atoms. The Morgan fingerprint density at radius 1 is 1.11 bits per heavy atom. The van der Waals surface area contributed by atoms with E-state index in [9.17, 15) is 9.59 Å². The SMILES string of the molecule is Cc1ccc(C(C)C)c(OCC(=O)N/N=C\c2cc(Br)cc(Br)c2OC(=O)c2ccccc2I)c1. The molecule has 0 fully saturated rings. The fraction of sp³-hybridized carbons (Fsp3) is 0.192. The molecule has 0 spiro atoms. The molecule has 0 radical (unpaired) electrons. The highest BCUT2D eigenvalue weighted by Gasteiger charge is 2.17. The van der Waals surface area contributed by atoms with Gasteiger partial charge in [-0.3, -0.25) is 4.79 Å². The van der Waals surface area contributed by atoms with Crippen molar-refractivity contribution in [1.82, 2.24) is 5.43 Å². The van der Waals surface area contributed by atoms with Gasteiger partial charge in [0.05, 0.1) is 16.3 Å². The molecule has 0 heterocycles. The van der Waals surface area contributed by atoms with Gasteiger partial charge in [0.1, 0.15) is 5.75 Å². The van der Waals surface area contributed by atoms with E-state index in [2.05, 4.69) is 78.8 Å². The number of nitrogens with one attached hydrogen (secondary N) is 1. The summed E-state index contributed by atoms with van der Waals surface area (Å²) >= 11 is 8.94. The van der Waals surface area contributed by atoms with Crippen LogP contribution in [0.15, 0.2) is 68.6 Å². The number of rotatable bonds is 8. The number of ether oxygens (including phenoxy) is 2. The molecule has 9 heteroatoms. The summed E-state index contributed by atoms with van der Waals surface area (Å²) in [5.41, 5.74) is 5.49. The number of aryl methyl sites for hydroxylation is 1. The van der Waals surface area contributed by atoms with Crippen LogP contribution in [0.3, 0.4) is 0 Å². The van der Waals surface area contributed by atoms with Crippen LogP contribution in [-0.2, 0) is 4.79 Å². The minimum atomic E-state index is -0.496. The molecule has 0 aliphatic heterocycles. The summed E-state index contributed by atoms with van der Waals surface area (Å²) < 4.78 is 13.5. The molecule has 3 aromatic carbocycles. The van der Waals surface area contributed by atoms with Gasteiger partial charge in [-0.1, -0.05) is 54.0 Å². The van der Waals surface area contributed by atoms with Gasteiger partial charge in [-0.2, -0.15) is 5.10 Å². The van der Waals surface area contributed by atoms with E-state index < -0.39 is 11.9 Å². The number of nitrogens with zero attached hydrogens (tertiary/aromatic N) is 1. The zero-order valence-electron chi connectivity index (χ0n) is 19.3. The number of carbonyl (C=O) groups is 2. The number of hydrogen-bond donors (Lipinski definition) is 1. The molecule has 1 amide bonds. The van der Waals surface area contributed by atoms with Gasteiger partial charge in [0, 0.05) is 13.6 Å². The van der Waals surface area contributed by atoms with Gasteiger partial charge < -0.3 is 9.47 Å². The topological polar surface area (TPSA) is 77.0 Å². The van der Waals surface area contributed by atoms with E-state index in [1.807, 2.05) is 37.3 Å². The largest absolute Gasteiger partial charge is 0.483 e. The number of hydrogen-bond acceptors (Lipinski definition) is 5. The third kappa shape index (κ3) is 7.62. The fourth-order valence-corrected chi connectivity index (χ4v) is 5.10. The molecule has 0 unspecified atom stereocenters. The predicted molar refractivity (Wildman–Crippen MR) is 152 cm³/mol. The third-order valence-corrected chi connectivity index (χ3v) is 6.86. The Hall–Kier alpha value is -2.24. The van der Waals surface area contributed by atoms with Gasteiger partial charge in [0.25, 0.3) is 5.91 Å². The molecule has 0 bridgehead atoms. The zero-order valence-corrected chi connectivity index (χ0v) is 24.6. The van der Waals surface area contributed by atoms with Crippen molar-refractivity contribution in [2.45, 2.75) is 26.7 Å². The standard InChI is InChI=1S/C26H23Br2IN2O4/c1-15(2)19-9-8-16(3)10-23(19)34-14-24(32)31-30-13-17-11-18(27)12-21(28)25(17)35-26(33)20-6-4-5-7-22(20)29/h4-13,15H,14H2,1-3H3,(H,31,32)/b30-13-. The summed E-state index contributed by atoms with van der Waals surface area (Å²) in [7, 11) is 0. The van der Waals surface area contributed by atoms with Gasteiger partial charge in [0.15, 0.2) is 12.4 Å². The number of hydrazone groups is 1. The smallest absolute Gasteiger partial charge is 0.344 e. The lowest BCUT2D eigenvalue weighted by Gasteiger charge is -2.14. The summed E-state index contributed by atoms with van der Waals surface area (Å²) in [5.74, 6) is 0.323. The summed E-state index contributed by atoms with van der Waals surface area (Å²) in [5, 5.41) is 4.03. The lowest BCUT2D eigenvalue weighted by atomic mass is 10.0. The van der Waals surface area contributed by atoms with Crippen LogP contribution in [0.2, 0.25) is 0 Å². The van der Waals surface area contributed by atoms with Crippen molar-refractivity contribution < 1.29 is 19.1 Å². The lowest BCUT2D eigenvalue weighted by molar-refractivity contribution is -0.123. The highest BCUT2D eigenvalue weighted by atomic mass is 127. The van der Waals surface area contributed by atoms with Gasteiger partial charge in [-0.25, -0.2) is 10.2 Å². The van der Waals surface area contributed by atoms with E-state index in [1.165, 1.54) is 6.21 Å². The van der Waals surface area contributed by atoms with Gasteiger partial charge in [-0.15, -0.1) is 0 Å². The molecule has 0 aliphatic rings. The van der Waals surface area contributed by atoms with Gasteiger partial charge in [-0.05, 0) is 92.8 Å². The summed E-state index contributed by atoms with van der Waals surface area (Å²) in [4.78, 5) is 25.1. The van der Waals surface area contributed by atoms with Crippen molar-refractivity contribution in [2.24, 2.45) is 5.10 Å². The molecule has 182 valence electrons. The van der Waals surface area contributed by atoms with E-state index in [0.717, 1.165) is 19.2 Å². The second-order valence-corrected chi connectivity index (χ2v) is 10.9. The van der Waals surface area contributed by atoms with Gasteiger partial charge in [0.2, 0.25) is 0 Å². The molecule has 3 rings (SSSR count). The highest BCUT2D eigenvalue weighted by Crippen LogP contribution is 2.33. The van der Waals surface area contributed by atoms with Crippen LogP contribution < -0.4 is 14.9 Å². The molecule has 0 saturated heterocycles. The van der Waals surface area contributed by atoms with Crippen LogP contribution in [0, 0.1) is 10.5 Å². The quantitative estimate of drug-likeness (QED) is 0.0898. The van der Waals surface area contributed by atoms with Crippen LogP contribution in [0.5, 0.6) is 11.5 Å². The fourth-order valence-electron chi connectivity index (χ4n) is 3.15. The molecule has 0 saturated carbocycles. The normalized spacial score (nSPS) is 11.1. The number of benzene rings is 3. The second kappa shape index (κ2) is 12.6. The molecule has 3 aromatic rings. The average molecular weight is 714 g/mol. The Labute approximate surface area is 234 Å². The first kappa shape index (κ1) is 27.3. The summed E-state index contributed by atoms with van der Waals surface area (Å²) in [6.07, 6.45) is 1.41. The van der Waals surface area contributed by atoms with Crippen molar-refractivity contribution in [3.8, 4) is 11.5 Å². The molecule has 1 N–H and O–H groups in total. The molecular weight excluding hydrogens is 691 g/mol. The second-order valence-electron chi connectivity index (χ2n) is 7.95. The first-order chi connectivity index (χ1) is 16.7. The molecule has 0 aliphatic carbocycles. The molecular formula is C26H23Br2IN2O4. The third-order valence-electron chi connectivity index (χ3n) is 4.87. The zero-order chi connectivity index (χ0) is 25.5. The first-order valence-electron chi connectivity index (χ1n) is 10.7. The number of carbonyl (C=O) groups excluding carboxylic acids is 2.